The van der Waals surface area contributed by atoms with E-state index in [2.05, 4.69) is 66.4 Å². The fourth-order valence-corrected chi connectivity index (χ4v) is 4.20. The molecule has 0 aliphatic carbocycles. The lowest BCUT2D eigenvalue weighted by Gasteiger charge is -2.28. The molecule has 1 unspecified atom stereocenters. The lowest BCUT2D eigenvalue weighted by atomic mass is 10.0. The summed E-state index contributed by atoms with van der Waals surface area (Å²) in [7, 11) is 0. The zero-order chi connectivity index (χ0) is 14.5. The Bertz CT molecular complexity index is 567. The topological polar surface area (TPSA) is 3.24 Å². The maximum Gasteiger partial charge on any atom is 0.0366 e. The van der Waals surface area contributed by atoms with E-state index in [0.29, 0.717) is 5.92 Å². The van der Waals surface area contributed by atoms with Gasteiger partial charge in [0.25, 0.3) is 0 Å². The smallest absolute Gasteiger partial charge is 0.0366 e. The quantitative estimate of drug-likeness (QED) is 0.722. The molecule has 1 aliphatic rings. The predicted octanol–water partition coefficient (Wildman–Crippen LogP) is 5.18. The van der Waals surface area contributed by atoms with Crippen molar-refractivity contribution < 1.29 is 0 Å². The number of thioether (sulfide) groups is 1. The van der Waals surface area contributed by atoms with Gasteiger partial charge in [-0.2, -0.15) is 0 Å². The Morgan fingerprint density at radius 3 is 2.62 bits per heavy atom. The standard InChI is InChI=1S/C19H23NS/c1-2-3-13-20(17-9-5-4-6-10-17)14-16-15-21-19-12-8-7-11-18(16)19/h4-12,16H,2-3,13-15H2,1H3. The Kier molecular flexibility index (Phi) is 4.87. The molecule has 0 amide bonds. The largest absolute Gasteiger partial charge is 0.371 e. The number of rotatable bonds is 6. The summed E-state index contributed by atoms with van der Waals surface area (Å²) in [4.78, 5) is 4.04. The van der Waals surface area contributed by atoms with E-state index in [1.54, 1.807) is 5.56 Å². The van der Waals surface area contributed by atoms with Gasteiger partial charge in [-0.15, -0.1) is 11.8 Å². The normalized spacial score (nSPS) is 16.7. The maximum absolute atomic E-state index is 2.57. The van der Waals surface area contributed by atoms with Crippen LogP contribution in [0.25, 0.3) is 0 Å². The van der Waals surface area contributed by atoms with E-state index in [0.717, 1.165) is 13.1 Å². The van der Waals surface area contributed by atoms with E-state index in [1.807, 2.05) is 11.8 Å². The summed E-state index contributed by atoms with van der Waals surface area (Å²) in [5.74, 6) is 1.87. The molecule has 1 heterocycles. The summed E-state index contributed by atoms with van der Waals surface area (Å²) in [6.07, 6.45) is 2.51. The molecule has 21 heavy (non-hydrogen) atoms. The van der Waals surface area contributed by atoms with Crippen LogP contribution in [-0.2, 0) is 0 Å². The number of benzene rings is 2. The van der Waals surface area contributed by atoms with E-state index < -0.39 is 0 Å². The first-order chi connectivity index (χ1) is 10.4. The van der Waals surface area contributed by atoms with Gasteiger partial charge in [-0.05, 0) is 30.2 Å². The predicted molar refractivity (Wildman–Crippen MR) is 93.5 cm³/mol. The summed E-state index contributed by atoms with van der Waals surface area (Å²) in [6.45, 7) is 4.56. The van der Waals surface area contributed by atoms with Crippen LogP contribution < -0.4 is 4.90 Å². The van der Waals surface area contributed by atoms with E-state index in [-0.39, 0.29) is 0 Å². The van der Waals surface area contributed by atoms with Gasteiger partial charge in [0, 0.05) is 35.3 Å². The molecule has 0 saturated heterocycles. The van der Waals surface area contributed by atoms with Crippen LogP contribution in [0.1, 0.15) is 31.2 Å². The lowest BCUT2D eigenvalue weighted by molar-refractivity contribution is 0.663. The van der Waals surface area contributed by atoms with Gasteiger partial charge in [0.15, 0.2) is 0 Å². The first-order valence-electron chi connectivity index (χ1n) is 7.90. The average Bonchev–Trinajstić information content (AvgIpc) is 2.95. The van der Waals surface area contributed by atoms with Crippen molar-refractivity contribution in [1.29, 1.82) is 0 Å². The molecule has 1 aliphatic heterocycles. The molecule has 0 aromatic heterocycles. The monoisotopic (exact) mass is 297 g/mol. The zero-order valence-corrected chi connectivity index (χ0v) is 13.5. The number of para-hydroxylation sites is 1. The molecule has 0 N–H and O–H groups in total. The average molecular weight is 297 g/mol. The van der Waals surface area contributed by atoms with Crippen LogP contribution in [0.15, 0.2) is 59.5 Å². The SMILES string of the molecule is CCCCN(CC1CSc2ccccc21)c1ccccc1. The summed E-state index contributed by atoms with van der Waals surface area (Å²) in [5.41, 5.74) is 2.90. The fourth-order valence-electron chi connectivity index (χ4n) is 2.96. The summed E-state index contributed by atoms with van der Waals surface area (Å²) < 4.78 is 0. The Hall–Kier alpha value is -1.41. The molecule has 0 saturated carbocycles. The van der Waals surface area contributed by atoms with Crippen molar-refractivity contribution in [3.05, 3.63) is 60.2 Å². The molecule has 2 aromatic rings. The fraction of sp³-hybridized carbons (Fsp3) is 0.368. The minimum atomic E-state index is 0.656. The van der Waals surface area contributed by atoms with Crippen LogP contribution in [0.3, 0.4) is 0 Å². The highest BCUT2D eigenvalue weighted by Crippen LogP contribution is 2.40. The van der Waals surface area contributed by atoms with Crippen LogP contribution in [-0.4, -0.2) is 18.8 Å². The van der Waals surface area contributed by atoms with Crippen molar-refractivity contribution in [2.45, 2.75) is 30.6 Å². The second kappa shape index (κ2) is 7.04. The Balaban J connectivity index is 1.76. The van der Waals surface area contributed by atoms with Crippen molar-refractivity contribution >= 4 is 17.4 Å². The van der Waals surface area contributed by atoms with Crippen LogP contribution in [0.4, 0.5) is 5.69 Å². The van der Waals surface area contributed by atoms with Gasteiger partial charge >= 0.3 is 0 Å². The van der Waals surface area contributed by atoms with Crippen LogP contribution in [0, 0.1) is 0 Å². The summed E-state index contributed by atoms with van der Waals surface area (Å²) >= 11 is 2.01. The number of hydrogen-bond acceptors (Lipinski definition) is 2. The molecule has 2 aromatic carbocycles. The molecule has 0 fully saturated rings. The minimum Gasteiger partial charge on any atom is -0.371 e. The molecule has 0 radical (unpaired) electrons. The highest BCUT2D eigenvalue weighted by atomic mass is 32.2. The third kappa shape index (κ3) is 3.44. The van der Waals surface area contributed by atoms with Crippen LogP contribution >= 0.6 is 11.8 Å². The van der Waals surface area contributed by atoms with E-state index in [9.17, 15) is 0 Å². The molecule has 110 valence electrons. The number of fused-ring (bicyclic) bond motifs is 1. The molecule has 0 spiro atoms. The third-order valence-electron chi connectivity index (χ3n) is 4.14. The van der Waals surface area contributed by atoms with Gasteiger partial charge < -0.3 is 4.90 Å². The molecule has 1 atom stereocenters. The van der Waals surface area contributed by atoms with Crippen molar-refractivity contribution in [2.75, 3.05) is 23.7 Å². The van der Waals surface area contributed by atoms with E-state index in [1.165, 1.54) is 29.2 Å². The molecular formula is C19H23NS. The van der Waals surface area contributed by atoms with E-state index >= 15 is 0 Å². The first kappa shape index (κ1) is 14.5. The number of unbranched alkanes of at least 4 members (excludes halogenated alkanes) is 1. The van der Waals surface area contributed by atoms with Gasteiger partial charge in [0.1, 0.15) is 0 Å². The van der Waals surface area contributed by atoms with E-state index in [4.69, 9.17) is 0 Å². The summed E-state index contributed by atoms with van der Waals surface area (Å²) in [6, 6.07) is 19.8. The molecule has 3 rings (SSSR count). The lowest BCUT2D eigenvalue weighted by Crippen LogP contribution is -2.29. The van der Waals surface area contributed by atoms with Crippen molar-refractivity contribution in [3.63, 3.8) is 0 Å². The number of nitrogens with zero attached hydrogens (tertiary/aromatic N) is 1. The Morgan fingerprint density at radius 1 is 1.05 bits per heavy atom. The Labute approximate surface area is 132 Å². The van der Waals surface area contributed by atoms with Crippen molar-refractivity contribution in [1.82, 2.24) is 0 Å². The summed E-state index contributed by atoms with van der Waals surface area (Å²) in [5, 5.41) is 0. The maximum atomic E-state index is 2.57. The zero-order valence-electron chi connectivity index (χ0n) is 12.7. The second-order valence-electron chi connectivity index (χ2n) is 5.68. The second-order valence-corrected chi connectivity index (χ2v) is 6.74. The molecular weight excluding hydrogens is 274 g/mol. The molecule has 1 nitrogen and oxygen atoms in total. The Morgan fingerprint density at radius 2 is 1.81 bits per heavy atom. The van der Waals surface area contributed by atoms with Gasteiger partial charge in [-0.25, -0.2) is 0 Å². The van der Waals surface area contributed by atoms with Crippen molar-refractivity contribution in [3.8, 4) is 0 Å². The third-order valence-corrected chi connectivity index (χ3v) is 5.39. The van der Waals surface area contributed by atoms with Gasteiger partial charge in [0.05, 0.1) is 0 Å². The van der Waals surface area contributed by atoms with Crippen LogP contribution in [0.2, 0.25) is 0 Å². The molecule has 0 bridgehead atoms. The van der Waals surface area contributed by atoms with Gasteiger partial charge in [-0.3, -0.25) is 0 Å². The van der Waals surface area contributed by atoms with Crippen molar-refractivity contribution in [2.24, 2.45) is 0 Å². The minimum absolute atomic E-state index is 0.656. The molecule has 2 heteroatoms. The number of anilines is 1. The van der Waals surface area contributed by atoms with Gasteiger partial charge in [-0.1, -0.05) is 49.7 Å². The first-order valence-corrected chi connectivity index (χ1v) is 8.88. The highest BCUT2D eigenvalue weighted by Gasteiger charge is 2.24. The van der Waals surface area contributed by atoms with Gasteiger partial charge in [0.2, 0.25) is 0 Å². The number of hydrogen-bond donors (Lipinski definition) is 0. The van der Waals surface area contributed by atoms with Crippen LogP contribution in [0.5, 0.6) is 0 Å². The highest BCUT2D eigenvalue weighted by molar-refractivity contribution is 7.99.